The Labute approximate surface area is 131 Å². The van der Waals surface area contributed by atoms with Gasteiger partial charge in [0, 0.05) is 15.1 Å². The lowest BCUT2D eigenvalue weighted by Gasteiger charge is -2.11. The summed E-state index contributed by atoms with van der Waals surface area (Å²) < 4.78 is 38.2. The molecule has 2 aromatic rings. The van der Waals surface area contributed by atoms with Gasteiger partial charge in [0.2, 0.25) is 0 Å². The molecule has 1 amide bonds. The molecule has 0 atom stereocenters. The number of hydrogen-bond acceptors (Lipinski definition) is 2. The standard InChI is InChI=1S/C14H9BrF3NOS/c15-9-4-3-5-10(8-9)19-13(20)11-6-1-2-7-12(11)21-14(16,17)18/h1-8H,(H,19,20). The van der Waals surface area contributed by atoms with Crippen molar-refractivity contribution in [2.45, 2.75) is 10.4 Å². The van der Waals surface area contributed by atoms with Gasteiger partial charge in [0.1, 0.15) is 0 Å². The number of carbonyl (C=O) groups excluding carboxylic acids is 1. The summed E-state index contributed by atoms with van der Waals surface area (Å²) in [7, 11) is 0. The molecule has 0 fully saturated rings. The third kappa shape index (κ3) is 4.78. The van der Waals surface area contributed by atoms with E-state index in [1.54, 1.807) is 24.3 Å². The molecule has 21 heavy (non-hydrogen) atoms. The van der Waals surface area contributed by atoms with Crippen LogP contribution in [0.5, 0.6) is 0 Å². The van der Waals surface area contributed by atoms with Crippen LogP contribution in [-0.2, 0) is 0 Å². The average molecular weight is 376 g/mol. The second-order valence-electron chi connectivity index (χ2n) is 4.01. The zero-order chi connectivity index (χ0) is 15.5. The summed E-state index contributed by atoms with van der Waals surface area (Å²) in [6.45, 7) is 0. The molecule has 0 spiro atoms. The van der Waals surface area contributed by atoms with Crippen molar-refractivity contribution >= 4 is 39.3 Å². The van der Waals surface area contributed by atoms with E-state index < -0.39 is 11.4 Å². The van der Waals surface area contributed by atoms with E-state index in [4.69, 9.17) is 0 Å². The van der Waals surface area contributed by atoms with Gasteiger partial charge in [-0.2, -0.15) is 13.2 Å². The molecule has 0 aliphatic rings. The highest BCUT2D eigenvalue weighted by Gasteiger charge is 2.31. The number of rotatable bonds is 3. The van der Waals surface area contributed by atoms with Gasteiger partial charge < -0.3 is 5.32 Å². The molecular formula is C14H9BrF3NOS. The second kappa shape index (κ2) is 6.53. The molecule has 0 bridgehead atoms. The number of halogens is 4. The fraction of sp³-hybridized carbons (Fsp3) is 0.0714. The zero-order valence-corrected chi connectivity index (χ0v) is 12.8. The maximum Gasteiger partial charge on any atom is 0.446 e. The average Bonchev–Trinajstić information content (AvgIpc) is 2.37. The van der Waals surface area contributed by atoms with Crippen LogP contribution in [-0.4, -0.2) is 11.4 Å². The minimum Gasteiger partial charge on any atom is -0.322 e. The highest BCUT2D eigenvalue weighted by atomic mass is 79.9. The highest BCUT2D eigenvalue weighted by molar-refractivity contribution is 9.10. The first-order chi connectivity index (χ1) is 9.85. The number of anilines is 1. The van der Waals surface area contributed by atoms with E-state index in [1.807, 2.05) is 0 Å². The lowest BCUT2D eigenvalue weighted by Crippen LogP contribution is -2.14. The predicted octanol–water partition coefficient (Wildman–Crippen LogP) is 5.31. The van der Waals surface area contributed by atoms with Gasteiger partial charge in [0.15, 0.2) is 0 Å². The first-order valence-corrected chi connectivity index (χ1v) is 7.38. The van der Waals surface area contributed by atoms with Crippen LogP contribution in [0.2, 0.25) is 0 Å². The van der Waals surface area contributed by atoms with E-state index in [0.29, 0.717) is 5.69 Å². The third-order valence-corrected chi connectivity index (χ3v) is 3.74. The van der Waals surface area contributed by atoms with Crippen LogP contribution in [0, 0.1) is 0 Å². The molecule has 0 heterocycles. The van der Waals surface area contributed by atoms with E-state index in [0.717, 1.165) is 4.47 Å². The predicted molar refractivity (Wildman–Crippen MR) is 80.4 cm³/mol. The summed E-state index contributed by atoms with van der Waals surface area (Å²) in [4.78, 5) is 12.0. The van der Waals surface area contributed by atoms with Crippen molar-refractivity contribution in [2.75, 3.05) is 5.32 Å². The molecular weight excluding hydrogens is 367 g/mol. The molecule has 0 unspecified atom stereocenters. The Balaban J connectivity index is 2.23. The maximum absolute atomic E-state index is 12.5. The molecule has 0 aromatic heterocycles. The van der Waals surface area contributed by atoms with Crippen LogP contribution in [0.25, 0.3) is 0 Å². The fourth-order valence-corrected chi connectivity index (χ4v) is 2.70. The van der Waals surface area contributed by atoms with Gasteiger partial charge in [-0.1, -0.05) is 34.1 Å². The number of thioether (sulfide) groups is 1. The summed E-state index contributed by atoms with van der Waals surface area (Å²) in [5.41, 5.74) is -3.95. The summed E-state index contributed by atoms with van der Waals surface area (Å²) in [5.74, 6) is -0.583. The van der Waals surface area contributed by atoms with E-state index in [2.05, 4.69) is 21.2 Å². The van der Waals surface area contributed by atoms with E-state index >= 15 is 0 Å². The Bertz CT molecular complexity index is 661. The number of hydrogen-bond donors (Lipinski definition) is 1. The van der Waals surface area contributed by atoms with Gasteiger partial charge in [-0.15, -0.1) is 0 Å². The Kier molecular flexibility index (Phi) is 4.95. The van der Waals surface area contributed by atoms with Crippen LogP contribution in [0.1, 0.15) is 10.4 Å². The van der Waals surface area contributed by atoms with Crippen LogP contribution in [0.4, 0.5) is 18.9 Å². The maximum atomic E-state index is 12.5. The first-order valence-electron chi connectivity index (χ1n) is 5.77. The van der Waals surface area contributed by atoms with Gasteiger partial charge in [-0.05, 0) is 42.1 Å². The van der Waals surface area contributed by atoms with E-state index in [9.17, 15) is 18.0 Å². The smallest absolute Gasteiger partial charge is 0.322 e. The van der Waals surface area contributed by atoms with Gasteiger partial charge in [-0.25, -0.2) is 0 Å². The van der Waals surface area contributed by atoms with Crippen LogP contribution < -0.4 is 5.32 Å². The Hall–Kier alpha value is -1.47. The minimum absolute atomic E-state index is 0.0141. The van der Waals surface area contributed by atoms with Gasteiger partial charge in [-0.3, -0.25) is 4.79 Å². The Morgan fingerprint density at radius 2 is 1.81 bits per heavy atom. The number of benzene rings is 2. The van der Waals surface area contributed by atoms with Gasteiger partial charge in [0.05, 0.1) is 5.56 Å². The quantitative estimate of drug-likeness (QED) is 0.736. The van der Waals surface area contributed by atoms with Crippen molar-refractivity contribution in [1.82, 2.24) is 0 Å². The van der Waals surface area contributed by atoms with E-state index in [-0.39, 0.29) is 22.2 Å². The lowest BCUT2D eigenvalue weighted by molar-refractivity contribution is -0.0328. The normalized spacial score (nSPS) is 11.2. The van der Waals surface area contributed by atoms with Crippen molar-refractivity contribution in [3.8, 4) is 0 Å². The van der Waals surface area contributed by atoms with Crippen molar-refractivity contribution in [3.63, 3.8) is 0 Å². The molecule has 7 heteroatoms. The number of nitrogens with one attached hydrogen (secondary N) is 1. The first kappa shape index (κ1) is 15.9. The van der Waals surface area contributed by atoms with Crippen molar-refractivity contribution in [2.24, 2.45) is 0 Å². The third-order valence-electron chi connectivity index (χ3n) is 2.44. The lowest BCUT2D eigenvalue weighted by atomic mass is 10.2. The topological polar surface area (TPSA) is 29.1 Å². The highest BCUT2D eigenvalue weighted by Crippen LogP contribution is 2.38. The minimum atomic E-state index is -4.44. The van der Waals surface area contributed by atoms with Gasteiger partial charge >= 0.3 is 5.51 Å². The van der Waals surface area contributed by atoms with E-state index in [1.165, 1.54) is 24.3 Å². The van der Waals surface area contributed by atoms with Crippen LogP contribution in [0.3, 0.4) is 0 Å². The molecule has 0 saturated carbocycles. The van der Waals surface area contributed by atoms with Crippen LogP contribution in [0.15, 0.2) is 57.9 Å². The SMILES string of the molecule is O=C(Nc1cccc(Br)c1)c1ccccc1SC(F)(F)F. The molecule has 0 saturated heterocycles. The van der Waals surface area contributed by atoms with Gasteiger partial charge in [0.25, 0.3) is 5.91 Å². The Morgan fingerprint density at radius 1 is 1.10 bits per heavy atom. The van der Waals surface area contributed by atoms with Crippen molar-refractivity contribution in [3.05, 3.63) is 58.6 Å². The molecule has 0 aliphatic carbocycles. The molecule has 2 aromatic carbocycles. The van der Waals surface area contributed by atoms with Crippen molar-refractivity contribution < 1.29 is 18.0 Å². The monoisotopic (exact) mass is 375 g/mol. The fourth-order valence-electron chi connectivity index (χ4n) is 1.63. The van der Waals surface area contributed by atoms with Crippen molar-refractivity contribution in [1.29, 1.82) is 0 Å². The molecule has 0 aliphatic heterocycles. The molecule has 0 radical (unpaired) electrons. The molecule has 2 nitrogen and oxygen atoms in total. The Morgan fingerprint density at radius 3 is 2.48 bits per heavy atom. The largest absolute Gasteiger partial charge is 0.446 e. The second-order valence-corrected chi connectivity index (χ2v) is 6.03. The number of amides is 1. The van der Waals surface area contributed by atoms with Crippen LogP contribution >= 0.6 is 27.7 Å². The summed E-state index contributed by atoms with van der Waals surface area (Å²) in [6.07, 6.45) is 0. The zero-order valence-electron chi connectivity index (χ0n) is 10.4. The summed E-state index contributed by atoms with van der Waals surface area (Å²) in [6, 6.07) is 12.4. The summed E-state index contributed by atoms with van der Waals surface area (Å²) >= 11 is 2.96. The number of alkyl halides is 3. The molecule has 1 N–H and O–H groups in total. The molecule has 110 valence electrons. The number of carbonyl (C=O) groups is 1. The molecule has 2 rings (SSSR count). The summed E-state index contributed by atoms with van der Waals surface area (Å²) in [5, 5.41) is 2.58.